The quantitative estimate of drug-likeness (QED) is 0.267. The zero-order valence-corrected chi connectivity index (χ0v) is 19.1. The SMILES string of the molecule is CCn1c(SCc2ccc(OCc3ccccc3)cc2)nnc1-c1ccccc1Br. The average Bonchev–Trinajstić information content (AvgIpc) is 3.20. The molecule has 3 aromatic carbocycles. The van der Waals surface area contributed by atoms with Gasteiger partial charge in [-0.1, -0.05) is 88.4 Å². The zero-order chi connectivity index (χ0) is 20.8. The molecule has 0 unspecified atom stereocenters. The fourth-order valence-corrected chi connectivity index (χ4v) is 4.51. The normalized spacial score (nSPS) is 10.9. The van der Waals surface area contributed by atoms with Crippen molar-refractivity contribution in [3.63, 3.8) is 0 Å². The highest BCUT2D eigenvalue weighted by atomic mass is 79.9. The Morgan fingerprint density at radius 1 is 0.867 bits per heavy atom. The molecule has 4 nitrogen and oxygen atoms in total. The van der Waals surface area contributed by atoms with Crippen LogP contribution < -0.4 is 4.74 Å². The molecule has 6 heteroatoms. The van der Waals surface area contributed by atoms with Crippen LogP contribution in [0.3, 0.4) is 0 Å². The van der Waals surface area contributed by atoms with Crippen LogP contribution in [0, 0.1) is 0 Å². The standard InChI is InChI=1S/C24H22BrN3OS/c1-2-28-23(21-10-6-7-11-22(21)25)26-27-24(28)30-17-19-12-14-20(15-13-19)29-16-18-8-4-3-5-9-18/h3-15H,2,16-17H2,1H3. The zero-order valence-electron chi connectivity index (χ0n) is 16.7. The van der Waals surface area contributed by atoms with Crippen LogP contribution in [-0.2, 0) is 18.9 Å². The number of halogens is 1. The summed E-state index contributed by atoms with van der Waals surface area (Å²) in [7, 11) is 0. The van der Waals surface area contributed by atoms with Crippen molar-refractivity contribution in [3.05, 3.63) is 94.5 Å². The Morgan fingerprint density at radius 3 is 2.33 bits per heavy atom. The minimum absolute atomic E-state index is 0.576. The van der Waals surface area contributed by atoms with Crippen LogP contribution in [0.1, 0.15) is 18.1 Å². The second kappa shape index (κ2) is 9.96. The summed E-state index contributed by atoms with van der Waals surface area (Å²) in [5.41, 5.74) is 3.44. The Kier molecular flexibility index (Phi) is 6.87. The van der Waals surface area contributed by atoms with Gasteiger partial charge in [0.25, 0.3) is 0 Å². The van der Waals surface area contributed by atoms with Gasteiger partial charge in [0, 0.05) is 22.3 Å². The summed E-state index contributed by atoms with van der Waals surface area (Å²) >= 11 is 5.31. The van der Waals surface area contributed by atoms with E-state index in [9.17, 15) is 0 Å². The number of benzene rings is 3. The molecule has 0 fully saturated rings. The van der Waals surface area contributed by atoms with Crippen LogP contribution in [0.4, 0.5) is 0 Å². The van der Waals surface area contributed by atoms with Crippen molar-refractivity contribution in [1.82, 2.24) is 14.8 Å². The Bertz CT molecular complexity index is 1100. The predicted molar refractivity (Wildman–Crippen MR) is 126 cm³/mol. The lowest BCUT2D eigenvalue weighted by atomic mass is 10.2. The van der Waals surface area contributed by atoms with Gasteiger partial charge in [0.2, 0.25) is 0 Å². The van der Waals surface area contributed by atoms with Gasteiger partial charge in [0.15, 0.2) is 11.0 Å². The Morgan fingerprint density at radius 2 is 1.60 bits per heavy atom. The predicted octanol–water partition coefficient (Wildman–Crippen LogP) is 6.60. The summed E-state index contributed by atoms with van der Waals surface area (Å²) in [5.74, 6) is 2.59. The van der Waals surface area contributed by atoms with Crippen molar-refractivity contribution in [2.24, 2.45) is 0 Å². The first-order chi connectivity index (χ1) is 14.7. The fourth-order valence-electron chi connectivity index (χ4n) is 3.09. The van der Waals surface area contributed by atoms with E-state index in [-0.39, 0.29) is 0 Å². The number of nitrogens with zero attached hydrogens (tertiary/aromatic N) is 3. The second-order valence-electron chi connectivity index (χ2n) is 6.74. The monoisotopic (exact) mass is 479 g/mol. The van der Waals surface area contributed by atoms with Gasteiger partial charge in [0.1, 0.15) is 12.4 Å². The highest BCUT2D eigenvalue weighted by Gasteiger charge is 2.15. The molecule has 152 valence electrons. The van der Waals surface area contributed by atoms with Crippen LogP contribution >= 0.6 is 27.7 Å². The maximum absolute atomic E-state index is 5.87. The lowest BCUT2D eigenvalue weighted by molar-refractivity contribution is 0.306. The first-order valence-corrected chi connectivity index (χ1v) is 11.6. The number of hydrogen-bond acceptors (Lipinski definition) is 4. The third-order valence-corrected chi connectivity index (χ3v) is 6.42. The molecule has 0 spiro atoms. The minimum atomic E-state index is 0.576. The summed E-state index contributed by atoms with van der Waals surface area (Å²) in [4.78, 5) is 0. The highest BCUT2D eigenvalue weighted by Crippen LogP contribution is 2.30. The van der Waals surface area contributed by atoms with E-state index >= 15 is 0 Å². The maximum Gasteiger partial charge on any atom is 0.191 e. The van der Waals surface area contributed by atoms with E-state index in [2.05, 4.69) is 67.9 Å². The van der Waals surface area contributed by atoms with Crippen molar-refractivity contribution in [2.75, 3.05) is 0 Å². The van der Waals surface area contributed by atoms with E-state index in [1.54, 1.807) is 11.8 Å². The Balaban J connectivity index is 1.39. The van der Waals surface area contributed by atoms with Crippen LogP contribution in [0.2, 0.25) is 0 Å². The van der Waals surface area contributed by atoms with Gasteiger partial charge in [-0.2, -0.15) is 0 Å². The fraction of sp³-hybridized carbons (Fsp3) is 0.167. The molecule has 30 heavy (non-hydrogen) atoms. The van der Waals surface area contributed by atoms with Crippen LogP contribution in [0.5, 0.6) is 5.75 Å². The van der Waals surface area contributed by atoms with Crippen LogP contribution in [0.15, 0.2) is 88.5 Å². The van der Waals surface area contributed by atoms with Gasteiger partial charge in [0.05, 0.1) is 0 Å². The molecule has 1 heterocycles. The molecule has 0 N–H and O–H groups in total. The molecule has 4 aromatic rings. The molecule has 4 rings (SSSR count). The van der Waals surface area contributed by atoms with E-state index in [1.165, 1.54) is 5.56 Å². The Hall–Kier alpha value is -2.57. The first-order valence-electron chi connectivity index (χ1n) is 9.81. The summed E-state index contributed by atoms with van der Waals surface area (Å²) in [6.45, 7) is 3.51. The number of hydrogen-bond donors (Lipinski definition) is 0. The molecule has 0 aliphatic rings. The van der Waals surface area contributed by atoms with Gasteiger partial charge in [-0.3, -0.25) is 0 Å². The van der Waals surface area contributed by atoms with Gasteiger partial charge in [-0.05, 0) is 36.2 Å². The second-order valence-corrected chi connectivity index (χ2v) is 8.53. The summed E-state index contributed by atoms with van der Waals surface area (Å²) in [5, 5.41) is 9.79. The highest BCUT2D eigenvalue weighted by molar-refractivity contribution is 9.10. The van der Waals surface area contributed by atoms with Crippen molar-refractivity contribution in [2.45, 2.75) is 31.0 Å². The third-order valence-electron chi connectivity index (χ3n) is 4.69. The molecule has 0 saturated carbocycles. The molecular weight excluding hydrogens is 458 g/mol. The van der Waals surface area contributed by atoms with E-state index in [0.29, 0.717) is 6.61 Å². The van der Waals surface area contributed by atoms with Crippen LogP contribution in [0.25, 0.3) is 11.4 Å². The smallest absolute Gasteiger partial charge is 0.191 e. The van der Waals surface area contributed by atoms with Crippen LogP contribution in [-0.4, -0.2) is 14.8 Å². The van der Waals surface area contributed by atoms with E-state index < -0.39 is 0 Å². The molecule has 0 amide bonds. The van der Waals surface area contributed by atoms with E-state index in [4.69, 9.17) is 4.74 Å². The van der Waals surface area contributed by atoms with Gasteiger partial charge < -0.3 is 9.30 Å². The number of rotatable bonds is 8. The Labute approximate surface area is 189 Å². The van der Waals surface area contributed by atoms with Gasteiger partial charge in [-0.15, -0.1) is 10.2 Å². The molecule has 0 saturated heterocycles. The van der Waals surface area contributed by atoms with Gasteiger partial charge >= 0.3 is 0 Å². The topological polar surface area (TPSA) is 39.9 Å². The van der Waals surface area contributed by atoms with E-state index in [1.807, 2.05) is 48.5 Å². The first kappa shape index (κ1) is 20.7. The molecule has 1 aromatic heterocycles. The van der Waals surface area contributed by atoms with Crippen molar-refractivity contribution >= 4 is 27.7 Å². The maximum atomic E-state index is 5.87. The summed E-state index contributed by atoms with van der Waals surface area (Å²) in [6, 6.07) is 26.6. The largest absolute Gasteiger partial charge is 0.489 e. The van der Waals surface area contributed by atoms with Crippen molar-refractivity contribution < 1.29 is 4.74 Å². The van der Waals surface area contributed by atoms with E-state index in [0.717, 1.165) is 44.6 Å². The number of thioether (sulfide) groups is 1. The average molecular weight is 480 g/mol. The molecule has 0 aliphatic carbocycles. The number of aromatic nitrogens is 3. The summed E-state index contributed by atoms with van der Waals surface area (Å²) in [6.07, 6.45) is 0. The lowest BCUT2D eigenvalue weighted by Crippen LogP contribution is -2.00. The van der Waals surface area contributed by atoms with Crippen molar-refractivity contribution in [3.8, 4) is 17.1 Å². The summed E-state index contributed by atoms with van der Waals surface area (Å²) < 4.78 is 9.05. The minimum Gasteiger partial charge on any atom is -0.489 e. The lowest BCUT2D eigenvalue weighted by Gasteiger charge is -2.09. The molecule has 0 radical (unpaired) electrons. The third kappa shape index (κ3) is 4.94. The van der Waals surface area contributed by atoms with Gasteiger partial charge in [-0.25, -0.2) is 0 Å². The molecule has 0 bridgehead atoms. The molecule has 0 atom stereocenters. The number of ether oxygens (including phenoxy) is 1. The molecule has 0 aliphatic heterocycles. The van der Waals surface area contributed by atoms with Crippen molar-refractivity contribution in [1.29, 1.82) is 0 Å². The molecular formula is C24H22BrN3OS.